The Bertz CT molecular complexity index is 240. The summed E-state index contributed by atoms with van der Waals surface area (Å²) in [4.78, 5) is 13.7. The molecule has 1 aliphatic rings. The van der Waals surface area contributed by atoms with E-state index in [9.17, 15) is 9.90 Å². The Morgan fingerprint density at radius 2 is 2.20 bits per heavy atom. The number of rotatable bonds is 3. The third-order valence-electron chi connectivity index (χ3n) is 3.17. The maximum Gasteiger partial charge on any atom is 0.228 e. The van der Waals surface area contributed by atoms with Crippen LogP contribution in [0, 0.1) is 5.92 Å². The summed E-state index contributed by atoms with van der Waals surface area (Å²) in [7, 11) is 1.74. The first-order chi connectivity index (χ1) is 6.88. The second-order valence-corrected chi connectivity index (χ2v) is 4.94. The van der Waals surface area contributed by atoms with Crippen LogP contribution in [-0.2, 0) is 9.53 Å². The number of hydrogen-bond acceptors (Lipinski definition) is 3. The number of aliphatic hydroxyl groups excluding tert-OH is 1. The molecule has 0 aromatic carbocycles. The monoisotopic (exact) mass is 215 g/mol. The van der Waals surface area contributed by atoms with Gasteiger partial charge in [-0.1, -0.05) is 0 Å². The smallest absolute Gasteiger partial charge is 0.228 e. The van der Waals surface area contributed by atoms with Gasteiger partial charge in [-0.2, -0.15) is 0 Å². The normalized spacial score (nSPS) is 26.7. The Balaban J connectivity index is 2.60. The quantitative estimate of drug-likeness (QED) is 0.751. The molecular formula is C11H21NO3. The van der Waals surface area contributed by atoms with Gasteiger partial charge in [0.05, 0.1) is 30.8 Å². The van der Waals surface area contributed by atoms with Crippen molar-refractivity contribution in [2.45, 2.75) is 38.8 Å². The lowest BCUT2D eigenvalue weighted by Crippen LogP contribution is -2.50. The lowest BCUT2D eigenvalue weighted by molar-refractivity contribution is -0.140. The third-order valence-corrected chi connectivity index (χ3v) is 3.17. The lowest BCUT2D eigenvalue weighted by Gasteiger charge is -2.35. The predicted molar refractivity (Wildman–Crippen MR) is 57.5 cm³/mol. The van der Waals surface area contributed by atoms with E-state index in [1.165, 1.54) is 0 Å². The van der Waals surface area contributed by atoms with Crippen LogP contribution in [0.5, 0.6) is 0 Å². The number of amides is 1. The largest absolute Gasteiger partial charge is 0.394 e. The fraction of sp³-hybridized carbons (Fsp3) is 0.909. The lowest BCUT2D eigenvalue weighted by atomic mass is 9.99. The molecule has 0 aromatic heterocycles. The summed E-state index contributed by atoms with van der Waals surface area (Å²) in [6, 6.07) is 0. The molecule has 1 amide bonds. The Hall–Kier alpha value is -0.610. The molecule has 0 saturated carbocycles. The number of carbonyl (C=O) groups excluding carboxylic acids is 1. The van der Waals surface area contributed by atoms with Gasteiger partial charge in [0.15, 0.2) is 0 Å². The SMILES string of the molecule is CC1CC(C(=O)N(C)C(C)(C)CO)CO1. The molecule has 0 aliphatic carbocycles. The van der Waals surface area contributed by atoms with Crippen molar-refractivity contribution in [1.82, 2.24) is 4.90 Å². The highest BCUT2D eigenvalue weighted by Crippen LogP contribution is 2.23. The van der Waals surface area contributed by atoms with Gasteiger partial charge in [0.25, 0.3) is 0 Å². The Kier molecular flexibility index (Phi) is 3.73. The van der Waals surface area contributed by atoms with Gasteiger partial charge in [-0.3, -0.25) is 4.79 Å². The molecule has 2 unspecified atom stereocenters. The second kappa shape index (κ2) is 4.49. The number of likely N-dealkylation sites (N-methyl/N-ethyl adjacent to an activating group) is 1. The molecule has 1 saturated heterocycles. The molecule has 2 atom stereocenters. The summed E-state index contributed by atoms with van der Waals surface area (Å²) in [6.45, 7) is 6.16. The van der Waals surface area contributed by atoms with Crippen LogP contribution in [0.2, 0.25) is 0 Å². The van der Waals surface area contributed by atoms with Gasteiger partial charge in [0.1, 0.15) is 0 Å². The summed E-state index contributed by atoms with van der Waals surface area (Å²) in [5, 5.41) is 9.18. The number of aliphatic hydroxyl groups is 1. The van der Waals surface area contributed by atoms with Crippen molar-refractivity contribution in [3.05, 3.63) is 0 Å². The number of hydrogen-bond donors (Lipinski definition) is 1. The first kappa shape index (κ1) is 12.5. The van der Waals surface area contributed by atoms with E-state index in [2.05, 4.69) is 0 Å². The standard InChI is InChI=1S/C11H21NO3/c1-8-5-9(6-15-8)10(14)12(4)11(2,3)7-13/h8-9,13H,5-7H2,1-4H3. The second-order valence-electron chi connectivity index (χ2n) is 4.94. The van der Waals surface area contributed by atoms with E-state index >= 15 is 0 Å². The average Bonchev–Trinajstić information content (AvgIpc) is 2.62. The molecule has 1 rings (SSSR count). The first-order valence-corrected chi connectivity index (χ1v) is 5.38. The third kappa shape index (κ3) is 2.69. The van der Waals surface area contributed by atoms with Crippen molar-refractivity contribution in [3.8, 4) is 0 Å². The Morgan fingerprint density at radius 1 is 1.60 bits per heavy atom. The number of nitrogens with zero attached hydrogens (tertiary/aromatic N) is 1. The summed E-state index contributed by atoms with van der Waals surface area (Å²) in [6.07, 6.45) is 0.953. The predicted octanol–water partition coefficient (Wildman–Crippen LogP) is 0.641. The van der Waals surface area contributed by atoms with E-state index in [0.29, 0.717) is 6.61 Å². The molecule has 0 bridgehead atoms. The van der Waals surface area contributed by atoms with Crippen molar-refractivity contribution >= 4 is 5.91 Å². The van der Waals surface area contributed by atoms with Crippen LogP contribution in [0.1, 0.15) is 27.2 Å². The molecular weight excluding hydrogens is 194 g/mol. The van der Waals surface area contributed by atoms with Crippen molar-refractivity contribution in [2.24, 2.45) is 5.92 Å². The number of carbonyl (C=O) groups is 1. The zero-order valence-electron chi connectivity index (χ0n) is 9.99. The van der Waals surface area contributed by atoms with Gasteiger partial charge in [-0.15, -0.1) is 0 Å². The van der Waals surface area contributed by atoms with Crippen LogP contribution in [-0.4, -0.2) is 47.8 Å². The summed E-state index contributed by atoms with van der Waals surface area (Å²) < 4.78 is 5.37. The van der Waals surface area contributed by atoms with Crippen molar-refractivity contribution in [2.75, 3.05) is 20.3 Å². The van der Waals surface area contributed by atoms with Crippen LogP contribution in [0.3, 0.4) is 0 Å². The summed E-state index contributed by atoms with van der Waals surface area (Å²) in [5.41, 5.74) is -0.497. The van der Waals surface area contributed by atoms with Crippen LogP contribution >= 0.6 is 0 Å². The van der Waals surface area contributed by atoms with E-state index in [1.807, 2.05) is 20.8 Å². The molecule has 15 heavy (non-hydrogen) atoms. The molecule has 0 radical (unpaired) electrons. The van der Waals surface area contributed by atoms with E-state index in [1.54, 1.807) is 11.9 Å². The van der Waals surface area contributed by atoms with Crippen molar-refractivity contribution in [1.29, 1.82) is 0 Å². The topological polar surface area (TPSA) is 49.8 Å². The highest BCUT2D eigenvalue weighted by atomic mass is 16.5. The van der Waals surface area contributed by atoms with Crippen LogP contribution in [0.15, 0.2) is 0 Å². The molecule has 0 spiro atoms. The maximum atomic E-state index is 12.0. The van der Waals surface area contributed by atoms with E-state index in [0.717, 1.165) is 6.42 Å². The van der Waals surface area contributed by atoms with Crippen LogP contribution < -0.4 is 0 Å². The zero-order chi connectivity index (χ0) is 11.6. The highest BCUT2D eigenvalue weighted by molar-refractivity contribution is 5.79. The molecule has 0 aromatic rings. The van der Waals surface area contributed by atoms with E-state index in [-0.39, 0.29) is 24.5 Å². The summed E-state index contributed by atoms with van der Waals surface area (Å²) in [5.74, 6) is 0.0224. The van der Waals surface area contributed by atoms with Crippen LogP contribution in [0.4, 0.5) is 0 Å². The minimum Gasteiger partial charge on any atom is -0.394 e. The Labute approximate surface area is 91.2 Å². The molecule has 4 heteroatoms. The minimum atomic E-state index is -0.497. The molecule has 1 N–H and O–H groups in total. The van der Waals surface area contributed by atoms with Gasteiger partial charge >= 0.3 is 0 Å². The first-order valence-electron chi connectivity index (χ1n) is 5.38. The highest BCUT2D eigenvalue weighted by Gasteiger charge is 2.35. The molecule has 1 aliphatic heterocycles. The van der Waals surface area contributed by atoms with Gasteiger partial charge in [0.2, 0.25) is 5.91 Å². The van der Waals surface area contributed by atoms with Gasteiger partial charge in [0, 0.05) is 7.05 Å². The minimum absolute atomic E-state index is 0.0294. The Morgan fingerprint density at radius 3 is 2.60 bits per heavy atom. The summed E-state index contributed by atoms with van der Waals surface area (Å²) >= 11 is 0. The molecule has 1 heterocycles. The van der Waals surface area contributed by atoms with Gasteiger partial charge < -0.3 is 14.7 Å². The zero-order valence-corrected chi connectivity index (χ0v) is 9.99. The van der Waals surface area contributed by atoms with Gasteiger partial charge in [-0.25, -0.2) is 0 Å². The maximum absolute atomic E-state index is 12.0. The van der Waals surface area contributed by atoms with Gasteiger partial charge in [-0.05, 0) is 27.2 Å². The van der Waals surface area contributed by atoms with E-state index < -0.39 is 5.54 Å². The average molecular weight is 215 g/mol. The number of ether oxygens (including phenoxy) is 1. The molecule has 88 valence electrons. The van der Waals surface area contributed by atoms with E-state index in [4.69, 9.17) is 4.74 Å². The molecule has 1 fully saturated rings. The van der Waals surface area contributed by atoms with Crippen molar-refractivity contribution < 1.29 is 14.6 Å². The molecule has 4 nitrogen and oxygen atoms in total. The van der Waals surface area contributed by atoms with Crippen molar-refractivity contribution in [3.63, 3.8) is 0 Å². The fourth-order valence-electron chi connectivity index (χ4n) is 1.67. The van der Waals surface area contributed by atoms with Crippen LogP contribution in [0.25, 0.3) is 0 Å². The fourth-order valence-corrected chi connectivity index (χ4v) is 1.67.